The van der Waals surface area contributed by atoms with E-state index < -0.39 is 17.5 Å². The molecule has 0 fully saturated rings. The number of nitrogens with zero attached hydrogens (tertiary/aromatic N) is 1. The highest BCUT2D eigenvalue weighted by Crippen LogP contribution is 2.26. The van der Waals surface area contributed by atoms with Crippen LogP contribution >= 0.6 is 11.3 Å². The summed E-state index contributed by atoms with van der Waals surface area (Å²) in [6.07, 6.45) is 0. The van der Waals surface area contributed by atoms with Gasteiger partial charge in [-0.05, 0) is 30.5 Å². The maximum absolute atomic E-state index is 13.7. The second kappa shape index (κ2) is 6.22. The lowest BCUT2D eigenvalue weighted by molar-refractivity contribution is 0.0744. The van der Waals surface area contributed by atoms with Crippen LogP contribution in [0.15, 0.2) is 29.6 Å². The summed E-state index contributed by atoms with van der Waals surface area (Å²) in [5.74, 6) is -1.98. The third kappa shape index (κ3) is 3.05. The van der Waals surface area contributed by atoms with Gasteiger partial charge in [-0.3, -0.25) is 4.79 Å². The third-order valence-corrected chi connectivity index (χ3v) is 4.44. The predicted octanol–water partition coefficient (Wildman–Crippen LogP) is 3.90. The van der Waals surface area contributed by atoms with Crippen molar-refractivity contribution in [1.82, 2.24) is 4.90 Å². The van der Waals surface area contributed by atoms with E-state index in [1.165, 1.54) is 23.3 Å². The Bertz CT molecular complexity index is 620. The number of hydrogen-bond donors (Lipinski definition) is 1. The van der Waals surface area contributed by atoms with Gasteiger partial charge in [0, 0.05) is 24.5 Å². The Balaban J connectivity index is 2.28. The first kappa shape index (κ1) is 15.4. The molecule has 0 aliphatic carbocycles. The molecule has 0 aliphatic heterocycles. The monoisotopic (exact) mass is 310 g/mol. The molecule has 0 saturated carbocycles. The normalized spacial score (nSPS) is 12.0. The van der Waals surface area contributed by atoms with Crippen LogP contribution in [-0.2, 0) is 0 Å². The quantitative estimate of drug-likeness (QED) is 0.929. The van der Waals surface area contributed by atoms with Crippen molar-refractivity contribution in [3.63, 3.8) is 0 Å². The second-order valence-electron chi connectivity index (χ2n) is 4.67. The minimum absolute atomic E-state index is 0.00472. The number of hydrogen-bond acceptors (Lipinski definition) is 3. The molecule has 1 amide bonds. The van der Waals surface area contributed by atoms with Crippen LogP contribution in [0.4, 0.5) is 14.5 Å². The maximum atomic E-state index is 13.7. The molecular weight excluding hydrogens is 294 g/mol. The summed E-state index contributed by atoms with van der Waals surface area (Å²) in [5.41, 5.74) is -0.240. The van der Waals surface area contributed by atoms with Gasteiger partial charge in [0.25, 0.3) is 5.91 Å². The van der Waals surface area contributed by atoms with Gasteiger partial charge in [0.1, 0.15) is 17.3 Å². The topological polar surface area (TPSA) is 32.3 Å². The van der Waals surface area contributed by atoms with Crippen molar-refractivity contribution in [2.24, 2.45) is 0 Å². The van der Waals surface area contributed by atoms with Crippen molar-refractivity contribution < 1.29 is 13.6 Å². The van der Waals surface area contributed by atoms with Gasteiger partial charge in [-0.15, -0.1) is 11.3 Å². The van der Waals surface area contributed by atoms with Crippen molar-refractivity contribution in [3.8, 4) is 0 Å². The van der Waals surface area contributed by atoms with Crippen LogP contribution in [0.3, 0.4) is 0 Å². The van der Waals surface area contributed by atoms with Gasteiger partial charge >= 0.3 is 0 Å². The molecule has 1 aromatic heterocycles. The van der Waals surface area contributed by atoms with E-state index in [9.17, 15) is 13.6 Å². The fraction of sp³-hybridized carbons (Fsp3) is 0.267. The van der Waals surface area contributed by atoms with Crippen molar-refractivity contribution in [2.75, 3.05) is 19.4 Å². The van der Waals surface area contributed by atoms with Crippen molar-refractivity contribution in [2.45, 2.75) is 13.0 Å². The minimum atomic E-state index is -0.780. The highest BCUT2D eigenvalue weighted by molar-refractivity contribution is 7.10. The van der Waals surface area contributed by atoms with Crippen molar-refractivity contribution >= 4 is 22.9 Å². The molecule has 1 aromatic carbocycles. The van der Waals surface area contributed by atoms with Crippen LogP contribution in [0.1, 0.15) is 28.2 Å². The summed E-state index contributed by atoms with van der Waals surface area (Å²) in [6, 6.07) is 5.76. The Kier molecular flexibility index (Phi) is 4.57. The van der Waals surface area contributed by atoms with Crippen LogP contribution in [0, 0.1) is 11.6 Å². The van der Waals surface area contributed by atoms with E-state index in [1.807, 2.05) is 24.4 Å². The SMILES string of the molecule is CNc1c(F)cc(C(=O)N(C)C(C)c2cccs2)cc1F. The number of nitrogens with one attached hydrogen (secondary N) is 1. The van der Waals surface area contributed by atoms with Crippen LogP contribution in [0.5, 0.6) is 0 Å². The smallest absolute Gasteiger partial charge is 0.254 e. The van der Waals surface area contributed by atoms with Crippen molar-refractivity contribution in [1.29, 1.82) is 0 Å². The molecule has 0 bridgehead atoms. The predicted molar refractivity (Wildman–Crippen MR) is 80.7 cm³/mol. The van der Waals surface area contributed by atoms with E-state index >= 15 is 0 Å². The molecule has 1 unspecified atom stereocenters. The van der Waals surface area contributed by atoms with Gasteiger partial charge in [0.15, 0.2) is 0 Å². The van der Waals surface area contributed by atoms with Crippen LogP contribution in [-0.4, -0.2) is 24.9 Å². The minimum Gasteiger partial charge on any atom is -0.383 e. The average molecular weight is 310 g/mol. The molecule has 0 spiro atoms. The van der Waals surface area contributed by atoms with E-state index in [-0.39, 0.29) is 17.3 Å². The van der Waals surface area contributed by atoms with Crippen LogP contribution in [0.25, 0.3) is 0 Å². The Morgan fingerprint density at radius 2 is 1.95 bits per heavy atom. The van der Waals surface area contributed by atoms with E-state index in [4.69, 9.17) is 0 Å². The lowest BCUT2D eigenvalue weighted by Crippen LogP contribution is -2.29. The number of halogens is 2. The fourth-order valence-electron chi connectivity index (χ4n) is 2.03. The molecule has 112 valence electrons. The largest absolute Gasteiger partial charge is 0.383 e. The molecule has 6 heteroatoms. The Hall–Kier alpha value is -1.95. The van der Waals surface area contributed by atoms with Gasteiger partial charge < -0.3 is 10.2 Å². The number of anilines is 1. The molecular formula is C15H16F2N2OS. The van der Waals surface area contributed by atoms with Crippen LogP contribution < -0.4 is 5.32 Å². The summed E-state index contributed by atoms with van der Waals surface area (Å²) in [7, 11) is 3.04. The molecule has 21 heavy (non-hydrogen) atoms. The second-order valence-corrected chi connectivity index (χ2v) is 5.65. The summed E-state index contributed by atoms with van der Waals surface area (Å²) in [4.78, 5) is 14.8. The summed E-state index contributed by atoms with van der Waals surface area (Å²) in [6.45, 7) is 1.87. The molecule has 1 N–H and O–H groups in total. The fourth-order valence-corrected chi connectivity index (χ4v) is 2.86. The van der Waals surface area contributed by atoms with E-state index in [1.54, 1.807) is 7.05 Å². The molecule has 0 aliphatic rings. The van der Waals surface area contributed by atoms with E-state index in [0.717, 1.165) is 17.0 Å². The molecule has 1 heterocycles. The van der Waals surface area contributed by atoms with E-state index in [2.05, 4.69) is 5.32 Å². The number of amides is 1. The standard InChI is InChI=1S/C15H16F2N2OS/c1-9(13-5-4-6-21-13)19(3)15(20)10-7-11(16)14(18-2)12(17)8-10/h4-9,18H,1-3H3. The lowest BCUT2D eigenvalue weighted by atomic mass is 10.1. The molecule has 2 rings (SSSR count). The van der Waals surface area contributed by atoms with Gasteiger partial charge in [-0.1, -0.05) is 6.07 Å². The Labute approximate surface area is 126 Å². The maximum Gasteiger partial charge on any atom is 0.254 e. The Morgan fingerprint density at radius 1 is 1.33 bits per heavy atom. The summed E-state index contributed by atoms with van der Waals surface area (Å²) >= 11 is 1.53. The van der Waals surface area contributed by atoms with Gasteiger partial charge in [0.05, 0.1) is 6.04 Å². The number of benzene rings is 1. The lowest BCUT2D eigenvalue weighted by Gasteiger charge is -2.24. The average Bonchev–Trinajstić information content (AvgIpc) is 2.98. The first-order chi connectivity index (χ1) is 9.95. The molecule has 3 nitrogen and oxygen atoms in total. The zero-order chi connectivity index (χ0) is 15.6. The number of carbonyl (C=O) groups is 1. The van der Waals surface area contributed by atoms with Crippen LogP contribution in [0.2, 0.25) is 0 Å². The summed E-state index contributed by atoms with van der Waals surface area (Å²) in [5, 5.41) is 4.35. The van der Waals surface area contributed by atoms with Gasteiger partial charge in [-0.2, -0.15) is 0 Å². The zero-order valence-electron chi connectivity index (χ0n) is 12.0. The molecule has 0 radical (unpaired) electrons. The van der Waals surface area contributed by atoms with Gasteiger partial charge in [-0.25, -0.2) is 8.78 Å². The molecule has 0 saturated heterocycles. The highest BCUT2D eigenvalue weighted by Gasteiger charge is 2.22. The highest BCUT2D eigenvalue weighted by atomic mass is 32.1. The first-order valence-electron chi connectivity index (χ1n) is 6.43. The Morgan fingerprint density at radius 3 is 2.43 bits per heavy atom. The number of rotatable bonds is 4. The molecule has 2 aromatic rings. The third-order valence-electron chi connectivity index (χ3n) is 3.40. The number of thiophene rings is 1. The molecule has 1 atom stereocenters. The van der Waals surface area contributed by atoms with E-state index in [0.29, 0.717) is 0 Å². The number of carbonyl (C=O) groups excluding carboxylic acids is 1. The van der Waals surface area contributed by atoms with Gasteiger partial charge in [0.2, 0.25) is 0 Å². The first-order valence-corrected chi connectivity index (χ1v) is 7.31. The summed E-state index contributed by atoms with van der Waals surface area (Å²) < 4.78 is 27.5. The zero-order valence-corrected chi connectivity index (χ0v) is 12.8. The van der Waals surface area contributed by atoms with Crippen molar-refractivity contribution in [3.05, 3.63) is 51.7 Å².